The number of rotatable bonds is 7. The van der Waals surface area contributed by atoms with E-state index < -0.39 is 31.9 Å². The van der Waals surface area contributed by atoms with Crippen LogP contribution in [0.5, 0.6) is 5.75 Å². The molecule has 0 fully saturated rings. The first-order valence-corrected chi connectivity index (χ1v) is 12.3. The maximum atomic E-state index is 14.0. The largest absolute Gasteiger partial charge is 0.494 e. The Labute approximate surface area is 201 Å². The number of ether oxygens (including phenoxy) is 1. The number of sulfone groups is 1. The number of fused-ring (bicyclic) bond motifs is 1. The Morgan fingerprint density at radius 3 is 2.46 bits per heavy atom. The fourth-order valence-corrected chi connectivity index (χ4v) is 5.10. The Kier molecular flexibility index (Phi) is 6.70. The van der Waals surface area contributed by atoms with Crippen LogP contribution in [0.15, 0.2) is 87.5 Å². The van der Waals surface area contributed by atoms with E-state index >= 15 is 0 Å². The molecule has 180 valence electrons. The van der Waals surface area contributed by atoms with Gasteiger partial charge in [-0.3, -0.25) is 9.59 Å². The first kappa shape index (κ1) is 24.2. The summed E-state index contributed by atoms with van der Waals surface area (Å²) in [7, 11) is -4.27. The fourth-order valence-electron chi connectivity index (χ4n) is 3.73. The van der Waals surface area contributed by atoms with Gasteiger partial charge in [-0.05, 0) is 67.9 Å². The van der Waals surface area contributed by atoms with Gasteiger partial charge in [0.25, 0.3) is 0 Å². The van der Waals surface area contributed by atoms with E-state index in [1.807, 2.05) is 19.1 Å². The van der Waals surface area contributed by atoms with Gasteiger partial charge in [0.1, 0.15) is 23.0 Å². The quantitative estimate of drug-likeness (QED) is 0.413. The second-order valence-electron chi connectivity index (χ2n) is 7.88. The van der Waals surface area contributed by atoms with Crippen molar-refractivity contribution in [3.8, 4) is 5.75 Å². The summed E-state index contributed by atoms with van der Waals surface area (Å²) in [6, 6.07) is 16.3. The number of halogens is 1. The molecule has 1 aromatic heterocycles. The molecular formula is C26H23FN2O5S. The lowest BCUT2D eigenvalue weighted by atomic mass is 10.2. The number of aryl methyl sites for hydroxylation is 1. The van der Waals surface area contributed by atoms with E-state index in [-0.39, 0.29) is 22.3 Å². The second kappa shape index (κ2) is 9.71. The standard InChI is InChI=1S/C26H23FN2O5S/c1-3-34-19-9-11-20(12-10-19)35(32,33)24-15-29(23-13-8-18(27)14-21(23)26(24)31)16-25(30)28-22-7-5-4-6-17(22)2/h4-15H,3,16H2,1-2H3,(H,28,30). The number of carbonyl (C=O) groups excluding carboxylic acids is 1. The van der Waals surface area contributed by atoms with Crippen LogP contribution in [0.25, 0.3) is 10.9 Å². The number of aromatic nitrogens is 1. The van der Waals surface area contributed by atoms with Crippen LogP contribution in [0.3, 0.4) is 0 Å². The summed E-state index contributed by atoms with van der Waals surface area (Å²) >= 11 is 0. The first-order valence-electron chi connectivity index (χ1n) is 10.9. The van der Waals surface area contributed by atoms with Crippen LogP contribution >= 0.6 is 0 Å². The van der Waals surface area contributed by atoms with E-state index in [0.717, 1.165) is 23.9 Å². The van der Waals surface area contributed by atoms with Gasteiger partial charge >= 0.3 is 0 Å². The van der Waals surface area contributed by atoms with Crippen molar-refractivity contribution < 1.29 is 22.3 Å². The lowest BCUT2D eigenvalue weighted by Crippen LogP contribution is -2.24. The minimum Gasteiger partial charge on any atom is -0.494 e. The van der Waals surface area contributed by atoms with Crippen LogP contribution in [0.2, 0.25) is 0 Å². The van der Waals surface area contributed by atoms with Gasteiger partial charge in [0.2, 0.25) is 21.2 Å². The summed E-state index contributed by atoms with van der Waals surface area (Å²) in [5.41, 5.74) is 0.855. The van der Waals surface area contributed by atoms with Crippen LogP contribution in [0, 0.1) is 12.7 Å². The van der Waals surface area contributed by atoms with Crippen molar-refractivity contribution in [1.82, 2.24) is 4.57 Å². The third kappa shape index (κ3) is 4.95. The Bertz CT molecular complexity index is 1580. The van der Waals surface area contributed by atoms with Crippen LogP contribution in [-0.2, 0) is 21.2 Å². The Morgan fingerprint density at radius 1 is 1.06 bits per heavy atom. The zero-order chi connectivity index (χ0) is 25.2. The van der Waals surface area contributed by atoms with Crippen molar-refractivity contribution in [1.29, 1.82) is 0 Å². The van der Waals surface area contributed by atoms with Crippen LogP contribution in [0.4, 0.5) is 10.1 Å². The summed E-state index contributed by atoms with van der Waals surface area (Å²) in [5.74, 6) is -0.642. The molecule has 0 saturated carbocycles. The number of benzene rings is 3. The zero-order valence-electron chi connectivity index (χ0n) is 19.1. The monoisotopic (exact) mass is 494 g/mol. The van der Waals surface area contributed by atoms with E-state index in [0.29, 0.717) is 18.0 Å². The van der Waals surface area contributed by atoms with Crippen LogP contribution in [0.1, 0.15) is 12.5 Å². The Hall–Kier alpha value is -3.98. The average Bonchev–Trinajstić information content (AvgIpc) is 2.83. The summed E-state index contributed by atoms with van der Waals surface area (Å²) in [5, 5.41) is 2.64. The Morgan fingerprint density at radius 2 is 1.77 bits per heavy atom. The number of hydrogen-bond acceptors (Lipinski definition) is 5. The highest BCUT2D eigenvalue weighted by Gasteiger charge is 2.25. The van der Waals surface area contributed by atoms with Crippen molar-refractivity contribution in [3.05, 3.63) is 94.5 Å². The molecule has 0 bridgehead atoms. The molecule has 0 aliphatic rings. The third-order valence-corrected chi connectivity index (χ3v) is 7.24. The molecule has 4 aromatic rings. The molecule has 0 unspecified atom stereocenters. The smallest absolute Gasteiger partial charge is 0.244 e. The van der Waals surface area contributed by atoms with Crippen molar-refractivity contribution in [2.75, 3.05) is 11.9 Å². The molecule has 0 spiro atoms. The van der Waals surface area contributed by atoms with Crippen molar-refractivity contribution in [3.63, 3.8) is 0 Å². The molecule has 1 N–H and O–H groups in total. The Balaban J connectivity index is 1.80. The first-order chi connectivity index (χ1) is 16.7. The molecule has 0 radical (unpaired) electrons. The fraction of sp³-hybridized carbons (Fsp3) is 0.154. The third-order valence-electron chi connectivity index (χ3n) is 5.48. The summed E-state index contributed by atoms with van der Waals surface area (Å²) in [6.07, 6.45) is 1.13. The van der Waals surface area contributed by atoms with E-state index in [1.54, 1.807) is 19.1 Å². The van der Waals surface area contributed by atoms with Gasteiger partial charge in [-0.2, -0.15) is 0 Å². The van der Waals surface area contributed by atoms with Gasteiger partial charge in [0.05, 0.1) is 17.0 Å². The molecule has 35 heavy (non-hydrogen) atoms. The predicted octanol–water partition coefficient (Wildman–Crippen LogP) is 4.32. The zero-order valence-corrected chi connectivity index (χ0v) is 19.9. The van der Waals surface area contributed by atoms with Crippen LogP contribution < -0.4 is 15.5 Å². The number of anilines is 1. The molecule has 1 amide bonds. The topological polar surface area (TPSA) is 94.5 Å². The van der Waals surface area contributed by atoms with Gasteiger partial charge < -0.3 is 14.6 Å². The molecule has 4 rings (SSSR count). The van der Waals surface area contributed by atoms with E-state index in [1.165, 1.54) is 34.9 Å². The maximum Gasteiger partial charge on any atom is 0.244 e. The van der Waals surface area contributed by atoms with E-state index in [2.05, 4.69) is 5.32 Å². The molecule has 0 saturated heterocycles. The number of carbonyl (C=O) groups is 1. The summed E-state index contributed by atoms with van der Waals surface area (Å²) in [6.45, 7) is 3.77. The number of pyridine rings is 1. The van der Waals surface area contributed by atoms with Gasteiger partial charge in [-0.15, -0.1) is 0 Å². The molecular weight excluding hydrogens is 471 g/mol. The van der Waals surface area contributed by atoms with Gasteiger partial charge in [-0.1, -0.05) is 18.2 Å². The van der Waals surface area contributed by atoms with Crippen molar-refractivity contribution in [2.45, 2.75) is 30.2 Å². The van der Waals surface area contributed by atoms with Crippen molar-refractivity contribution in [2.24, 2.45) is 0 Å². The lowest BCUT2D eigenvalue weighted by Gasteiger charge is -2.15. The average molecular weight is 495 g/mol. The number of amides is 1. The van der Waals surface area contributed by atoms with Crippen molar-refractivity contribution >= 4 is 32.3 Å². The molecule has 1 heterocycles. The molecule has 3 aromatic carbocycles. The highest BCUT2D eigenvalue weighted by atomic mass is 32.2. The SMILES string of the molecule is CCOc1ccc(S(=O)(=O)c2cn(CC(=O)Nc3ccccc3C)c3ccc(F)cc3c2=O)cc1. The van der Waals surface area contributed by atoms with Gasteiger partial charge in [0.15, 0.2) is 0 Å². The van der Waals surface area contributed by atoms with Gasteiger partial charge in [0, 0.05) is 17.3 Å². The molecule has 7 nitrogen and oxygen atoms in total. The minimum absolute atomic E-state index is 0.121. The number of hydrogen-bond donors (Lipinski definition) is 1. The highest BCUT2D eigenvalue weighted by Crippen LogP contribution is 2.24. The van der Waals surface area contributed by atoms with Gasteiger partial charge in [-0.25, -0.2) is 12.8 Å². The number of para-hydroxylation sites is 1. The van der Waals surface area contributed by atoms with E-state index in [9.17, 15) is 22.4 Å². The molecule has 0 aliphatic heterocycles. The summed E-state index contributed by atoms with van der Waals surface area (Å²) in [4.78, 5) is 25.3. The maximum absolute atomic E-state index is 14.0. The molecule has 0 aliphatic carbocycles. The number of nitrogens with zero attached hydrogens (tertiary/aromatic N) is 1. The van der Waals surface area contributed by atoms with Crippen LogP contribution in [-0.4, -0.2) is 25.5 Å². The molecule has 9 heteroatoms. The molecule has 0 atom stereocenters. The summed E-state index contributed by atoms with van der Waals surface area (Å²) < 4.78 is 47.5. The minimum atomic E-state index is -4.27. The predicted molar refractivity (Wildman–Crippen MR) is 131 cm³/mol. The normalized spacial score (nSPS) is 11.4. The van der Waals surface area contributed by atoms with E-state index in [4.69, 9.17) is 4.74 Å². The second-order valence-corrected chi connectivity index (χ2v) is 9.80. The lowest BCUT2D eigenvalue weighted by molar-refractivity contribution is -0.116. The highest BCUT2D eigenvalue weighted by molar-refractivity contribution is 7.91. The number of nitrogens with one attached hydrogen (secondary N) is 1.